The van der Waals surface area contributed by atoms with Crippen LogP contribution in [0.5, 0.6) is 0 Å². The summed E-state index contributed by atoms with van der Waals surface area (Å²) in [5, 5.41) is 3.53. The summed E-state index contributed by atoms with van der Waals surface area (Å²) in [6, 6.07) is 14.4. The summed E-state index contributed by atoms with van der Waals surface area (Å²) < 4.78 is 27.1. The lowest BCUT2D eigenvalue weighted by Gasteiger charge is -2.31. The average Bonchev–Trinajstić information content (AvgIpc) is 2.70. The molecule has 0 aliphatic carbocycles. The number of para-hydroxylation sites is 1. The highest BCUT2D eigenvalue weighted by Crippen LogP contribution is 2.27. The first-order valence-corrected chi connectivity index (χ1v) is 12.3. The van der Waals surface area contributed by atoms with E-state index in [0.717, 1.165) is 10.6 Å². The van der Waals surface area contributed by atoms with Crippen molar-refractivity contribution in [1.29, 1.82) is 0 Å². The third-order valence-corrected chi connectivity index (χ3v) is 7.64. The highest BCUT2D eigenvalue weighted by atomic mass is 35.5. The van der Waals surface area contributed by atoms with Gasteiger partial charge in [-0.15, -0.1) is 11.8 Å². The molecule has 0 saturated carbocycles. The molecule has 0 aromatic heterocycles. The van der Waals surface area contributed by atoms with Crippen LogP contribution in [0, 0.1) is 5.92 Å². The highest BCUT2D eigenvalue weighted by Gasteiger charge is 2.32. The largest absolute Gasteiger partial charge is 0.325 e. The van der Waals surface area contributed by atoms with Gasteiger partial charge in [0.05, 0.1) is 17.4 Å². The molecule has 0 bridgehead atoms. The van der Waals surface area contributed by atoms with Crippen molar-refractivity contribution >= 4 is 45.0 Å². The average molecular weight is 439 g/mol. The molecule has 2 aromatic carbocycles. The van der Waals surface area contributed by atoms with Gasteiger partial charge in [0, 0.05) is 23.0 Å². The molecule has 28 heavy (non-hydrogen) atoms. The predicted octanol–water partition coefficient (Wildman–Crippen LogP) is 4.24. The van der Waals surface area contributed by atoms with Crippen molar-refractivity contribution in [2.45, 2.75) is 23.5 Å². The van der Waals surface area contributed by atoms with E-state index in [2.05, 4.69) is 5.32 Å². The zero-order valence-corrected chi connectivity index (χ0v) is 18.0. The Bertz CT molecular complexity index is 933. The molecule has 1 fully saturated rings. The van der Waals surface area contributed by atoms with Gasteiger partial charge in [0.2, 0.25) is 15.9 Å². The number of carbonyl (C=O) groups excluding carboxylic acids is 1. The Balaban J connectivity index is 1.67. The van der Waals surface area contributed by atoms with E-state index in [4.69, 9.17) is 11.6 Å². The number of nitrogens with one attached hydrogen (secondary N) is 1. The van der Waals surface area contributed by atoms with Gasteiger partial charge in [0.1, 0.15) is 0 Å². The zero-order chi connectivity index (χ0) is 20.1. The monoisotopic (exact) mass is 438 g/mol. The number of nitrogens with zero attached hydrogens (tertiary/aromatic N) is 1. The second kappa shape index (κ2) is 9.31. The van der Waals surface area contributed by atoms with Gasteiger partial charge in [0.15, 0.2) is 0 Å². The van der Waals surface area contributed by atoms with E-state index >= 15 is 0 Å². The maximum Gasteiger partial charge on any atom is 0.228 e. The van der Waals surface area contributed by atoms with Crippen LogP contribution in [-0.4, -0.2) is 38.0 Å². The van der Waals surface area contributed by atoms with Crippen molar-refractivity contribution < 1.29 is 13.2 Å². The number of rotatable bonds is 6. The number of halogens is 1. The van der Waals surface area contributed by atoms with E-state index in [0.29, 0.717) is 30.0 Å². The number of hydrogen-bond acceptors (Lipinski definition) is 4. The van der Waals surface area contributed by atoms with Gasteiger partial charge in [-0.05, 0) is 48.9 Å². The number of benzene rings is 2. The van der Waals surface area contributed by atoms with Gasteiger partial charge in [-0.3, -0.25) is 4.79 Å². The third kappa shape index (κ3) is 5.29. The lowest BCUT2D eigenvalue weighted by atomic mass is 9.99. The molecular weight excluding hydrogens is 416 g/mol. The van der Waals surface area contributed by atoms with Gasteiger partial charge in [-0.1, -0.05) is 35.9 Å². The fourth-order valence-corrected chi connectivity index (χ4v) is 5.56. The molecule has 1 heterocycles. The van der Waals surface area contributed by atoms with E-state index in [1.54, 1.807) is 36.0 Å². The minimum absolute atomic E-state index is 0.0895. The molecule has 1 saturated heterocycles. The van der Waals surface area contributed by atoms with Crippen LogP contribution in [0.15, 0.2) is 53.4 Å². The second-order valence-corrected chi connectivity index (χ2v) is 10.0. The molecule has 5 nitrogen and oxygen atoms in total. The maximum atomic E-state index is 12.8. The maximum absolute atomic E-state index is 12.8. The van der Waals surface area contributed by atoms with Crippen LogP contribution >= 0.6 is 23.4 Å². The number of hydrogen-bond donors (Lipinski definition) is 1. The van der Waals surface area contributed by atoms with Gasteiger partial charge >= 0.3 is 0 Å². The summed E-state index contributed by atoms with van der Waals surface area (Å²) in [4.78, 5) is 13.7. The smallest absolute Gasteiger partial charge is 0.228 e. The van der Waals surface area contributed by atoms with Crippen LogP contribution in [0.4, 0.5) is 5.69 Å². The first-order chi connectivity index (χ1) is 13.4. The third-order valence-electron chi connectivity index (χ3n) is 4.78. The van der Waals surface area contributed by atoms with E-state index in [-0.39, 0.29) is 24.1 Å². The normalized spacial score (nSPS) is 18.0. The number of anilines is 1. The summed E-state index contributed by atoms with van der Waals surface area (Å²) in [6.07, 6.45) is 3.30. The Morgan fingerprint density at radius 3 is 2.64 bits per heavy atom. The summed E-state index contributed by atoms with van der Waals surface area (Å²) in [7, 11) is -3.50. The fourth-order valence-electron chi connectivity index (χ4n) is 3.27. The van der Waals surface area contributed by atoms with E-state index < -0.39 is 10.0 Å². The summed E-state index contributed by atoms with van der Waals surface area (Å²) in [5.74, 6) is -0.579. The topological polar surface area (TPSA) is 66.5 Å². The Morgan fingerprint density at radius 1 is 1.21 bits per heavy atom. The van der Waals surface area contributed by atoms with Crippen LogP contribution in [-0.2, 0) is 20.6 Å². The van der Waals surface area contributed by atoms with Crippen molar-refractivity contribution in [2.75, 3.05) is 24.7 Å². The first-order valence-electron chi connectivity index (χ1n) is 9.05. The summed E-state index contributed by atoms with van der Waals surface area (Å²) in [5.41, 5.74) is 1.45. The van der Waals surface area contributed by atoms with E-state index in [1.807, 2.05) is 30.5 Å². The zero-order valence-electron chi connectivity index (χ0n) is 15.6. The molecule has 2 aromatic rings. The van der Waals surface area contributed by atoms with E-state index in [1.165, 1.54) is 4.31 Å². The SMILES string of the molecule is CSc1ccccc1NC(=O)[C@@H]1CCCN(S(=O)(=O)Cc2ccc(Cl)cc2)C1. The molecule has 1 amide bonds. The number of thioether (sulfide) groups is 1. The van der Waals surface area contributed by atoms with E-state index in [9.17, 15) is 13.2 Å². The Labute approximate surface area is 175 Å². The Kier molecular flexibility index (Phi) is 7.04. The number of sulfonamides is 1. The van der Waals surface area contributed by atoms with Gasteiger partial charge in [-0.2, -0.15) is 0 Å². The lowest BCUT2D eigenvalue weighted by Crippen LogP contribution is -2.44. The molecule has 3 rings (SSSR count). The summed E-state index contributed by atoms with van der Waals surface area (Å²) in [6.45, 7) is 0.657. The molecule has 1 N–H and O–H groups in total. The van der Waals surface area contributed by atoms with Crippen molar-refractivity contribution in [1.82, 2.24) is 4.31 Å². The molecule has 1 aliphatic rings. The molecule has 0 spiro atoms. The Hall–Kier alpha value is -1.54. The predicted molar refractivity (Wildman–Crippen MR) is 115 cm³/mol. The molecule has 0 unspecified atom stereocenters. The standard InChI is InChI=1S/C20H23ClN2O3S2/c1-27-19-7-3-2-6-18(19)22-20(24)16-5-4-12-23(13-16)28(25,26)14-15-8-10-17(21)11-9-15/h2-3,6-11,16H,4-5,12-14H2,1H3,(H,22,24)/t16-/m1/s1. The lowest BCUT2D eigenvalue weighted by molar-refractivity contribution is -0.120. The number of piperidine rings is 1. The molecular formula is C20H23ClN2O3S2. The van der Waals surface area contributed by atoms with Gasteiger partial charge in [-0.25, -0.2) is 12.7 Å². The van der Waals surface area contributed by atoms with Crippen LogP contribution in [0.2, 0.25) is 5.02 Å². The van der Waals surface area contributed by atoms with Crippen molar-refractivity contribution in [3.8, 4) is 0 Å². The number of carbonyl (C=O) groups is 1. The van der Waals surface area contributed by atoms with Crippen LogP contribution in [0.3, 0.4) is 0 Å². The van der Waals surface area contributed by atoms with Crippen LogP contribution in [0.25, 0.3) is 0 Å². The number of amides is 1. The van der Waals surface area contributed by atoms with Crippen molar-refractivity contribution in [3.05, 3.63) is 59.1 Å². The van der Waals surface area contributed by atoms with Crippen molar-refractivity contribution in [3.63, 3.8) is 0 Å². The van der Waals surface area contributed by atoms with Crippen molar-refractivity contribution in [2.24, 2.45) is 5.92 Å². The molecule has 8 heteroatoms. The molecule has 1 aliphatic heterocycles. The first kappa shape index (κ1) is 21.2. The minimum Gasteiger partial charge on any atom is -0.325 e. The summed E-state index contributed by atoms with van der Waals surface area (Å²) >= 11 is 7.43. The van der Waals surface area contributed by atoms with Gasteiger partial charge < -0.3 is 5.32 Å². The Morgan fingerprint density at radius 2 is 1.93 bits per heavy atom. The molecule has 1 atom stereocenters. The van der Waals surface area contributed by atoms with Crippen LogP contribution in [0.1, 0.15) is 18.4 Å². The highest BCUT2D eigenvalue weighted by molar-refractivity contribution is 7.98. The second-order valence-electron chi connectivity index (χ2n) is 6.77. The molecule has 0 radical (unpaired) electrons. The molecule has 150 valence electrons. The minimum atomic E-state index is -3.50. The quantitative estimate of drug-likeness (QED) is 0.685. The van der Waals surface area contributed by atoms with Gasteiger partial charge in [0.25, 0.3) is 0 Å². The van der Waals surface area contributed by atoms with Crippen LogP contribution < -0.4 is 5.32 Å². The fraction of sp³-hybridized carbons (Fsp3) is 0.350.